The highest BCUT2D eigenvalue weighted by atomic mass is 32.1. The predicted molar refractivity (Wildman–Crippen MR) is 248 cm³/mol. The lowest BCUT2D eigenvalue weighted by molar-refractivity contribution is 0.0986. The van der Waals surface area contributed by atoms with Crippen molar-refractivity contribution in [3.63, 3.8) is 0 Å². The number of benzene rings is 2. The van der Waals surface area contributed by atoms with Crippen LogP contribution in [-0.2, 0) is 32.5 Å². The fourth-order valence-corrected chi connectivity index (χ4v) is 9.52. The first kappa shape index (κ1) is 45.1. The Hall–Kier alpha value is -6.44. The maximum Gasteiger partial charge on any atom is 0.276 e. The number of nitrogens with one attached hydrogen (secondary N) is 1. The molecule has 65 heavy (non-hydrogen) atoms. The number of methoxy groups -OCH3 is 1. The molecule has 3 amide bonds. The Morgan fingerprint density at radius 3 is 2.17 bits per heavy atom. The Morgan fingerprint density at radius 1 is 0.862 bits per heavy atom. The molecule has 5 heterocycles. The summed E-state index contributed by atoms with van der Waals surface area (Å²) in [7, 11) is 1.50. The smallest absolute Gasteiger partial charge is 0.276 e. The minimum absolute atomic E-state index is 0.0259. The summed E-state index contributed by atoms with van der Waals surface area (Å²) in [6.45, 7) is 14.0. The van der Waals surface area contributed by atoms with E-state index in [2.05, 4.69) is 25.2 Å². The number of Topliss-reactive ketones (excluding diaryl/α,β-unsaturated/α-hetero) is 1. The second kappa shape index (κ2) is 19.3. The van der Waals surface area contributed by atoms with E-state index in [1.54, 1.807) is 35.0 Å². The summed E-state index contributed by atoms with van der Waals surface area (Å²) in [5.41, 5.74) is 15.8. The predicted octanol–water partition coefficient (Wildman–Crippen LogP) is 4.93. The van der Waals surface area contributed by atoms with Gasteiger partial charge in [-0.25, -0.2) is 15.0 Å². The van der Waals surface area contributed by atoms with Crippen LogP contribution in [0.2, 0.25) is 0 Å². The van der Waals surface area contributed by atoms with Gasteiger partial charge in [-0.2, -0.15) is 5.10 Å². The third-order valence-electron chi connectivity index (χ3n) is 11.9. The van der Waals surface area contributed by atoms with Crippen molar-refractivity contribution >= 4 is 62.9 Å². The van der Waals surface area contributed by atoms with Crippen LogP contribution >= 0.6 is 11.3 Å². The average molecular weight is 905 g/mol. The van der Waals surface area contributed by atoms with E-state index >= 15 is 0 Å². The van der Waals surface area contributed by atoms with Crippen LogP contribution in [0, 0.1) is 13.8 Å². The molecule has 18 nitrogen and oxygen atoms in total. The van der Waals surface area contributed by atoms with Crippen molar-refractivity contribution in [3.8, 4) is 11.5 Å². The zero-order valence-corrected chi connectivity index (χ0v) is 38.4. The number of hydrogen-bond acceptors (Lipinski definition) is 13. The lowest BCUT2D eigenvalue weighted by Gasteiger charge is -2.34. The molecule has 1 aliphatic carbocycles. The van der Waals surface area contributed by atoms with Gasteiger partial charge >= 0.3 is 0 Å². The Labute approximate surface area is 380 Å². The van der Waals surface area contributed by atoms with Gasteiger partial charge in [-0.15, -0.1) is 11.3 Å². The summed E-state index contributed by atoms with van der Waals surface area (Å²) < 4.78 is 17.6. The first-order valence-corrected chi connectivity index (χ1v) is 23.0. The van der Waals surface area contributed by atoms with Gasteiger partial charge in [-0.05, 0) is 76.8 Å². The third-order valence-corrected chi connectivity index (χ3v) is 13.0. The van der Waals surface area contributed by atoms with Gasteiger partial charge in [0.05, 0.1) is 52.4 Å². The molecule has 2 aliphatic rings. The van der Waals surface area contributed by atoms with E-state index in [4.69, 9.17) is 30.9 Å². The summed E-state index contributed by atoms with van der Waals surface area (Å²) in [5.74, 6) is -0.325. The number of ketones is 1. The molecule has 2 fully saturated rings. The molecule has 342 valence electrons. The fourth-order valence-electron chi connectivity index (χ4n) is 8.57. The molecular weight excluding hydrogens is 849 g/mol. The van der Waals surface area contributed by atoms with Gasteiger partial charge in [0.15, 0.2) is 5.78 Å². The Balaban J connectivity index is 1.12. The lowest BCUT2D eigenvalue weighted by atomic mass is 10.1. The lowest BCUT2D eigenvalue weighted by Crippen LogP contribution is -2.47. The highest BCUT2D eigenvalue weighted by Crippen LogP contribution is 2.33. The summed E-state index contributed by atoms with van der Waals surface area (Å²) in [6.07, 6.45) is 7.79. The topological polar surface area (TPSA) is 224 Å². The van der Waals surface area contributed by atoms with E-state index in [-0.39, 0.29) is 42.4 Å². The number of imidazole rings is 2. The van der Waals surface area contributed by atoms with Crippen molar-refractivity contribution in [1.82, 2.24) is 43.7 Å². The summed E-state index contributed by atoms with van der Waals surface area (Å²) in [5, 5.41) is 8.26. The molecule has 4 aromatic heterocycles. The van der Waals surface area contributed by atoms with E-state index in [0.717, 1.165) is 55.9 Å². The van der Waals surface area contributed by atoms with Gasteiger partial charge in [0, 0.05) is 69.5 Å². The van der Waals surface area contributed by atoms with Gasteiger partial charge < -0.3 is 35.0 Å². The molecule has 1 saturated heterocycles. The van der Waals surface area contributed by atoms with Crippen LogP contribution in [0.3, 0.4) is 0 Å². The third kappa shape index (κ3) is 9.81. The number of piperazine rings is 1. The van der Waals surface area contributed by atoms with Crippen LogP contribution < -0.4 is 26.3 Å². The largest absolute Gasteiger partial charge is 0.494 e. The number of hydrogen-bond donors (Lipinski definition) is 3. The average Bonchev–Trinajstić information content (AvgIpc) is 3.63. The van der Waals surface area contributed by atoms with E-state index in [0.29, 0.717) is 75.2 Å². The quantitative estimate of drug-likeness (QED) is 0.0527. The van der Waals surface area contributed by atoms with Gasteiger partial charge in [-0.3, -0.25) is 34.1 Å². The molecule has 1 aliphatic heterocycles. The van der Waals surface area contributed by atoms with Gasteiger partial charge in [-0.1, -0.05) is 19.1 Å². The molecule has 0 spiro atoms. The van der Waals surface area contributed by atoms with Crippen LogP contribution in [0.5, 0.6) is 11.5 Å². The van der Waals surface area contributed by atoms with Gasteiger partial charge in [0.25, 0.3) is 5.91 Å². The number of carbonyl (C=O) groups excluding carboxylic acids is 4. The number of aryl methyl sites for hydroxylation is 4. The Bertz CT molecular complexity index is 2810. The second-order valence-corrected chi connectivity index (χ2v) is 17.7. The van der Waals surface area contributed by atoms with E-state index < -0.39 is 17.7 Å². The number of rotatable bonds is 20. The Morgan fingerprint density at radius 2 is 1.52 bits per heavy atom. The maximum absolute atomic E-state index is 13.9. The number of amides is 3. The Kier molecular flexibility index (Phi) is 13.4. The molecule has 19 heteroatoms. The number of nitrogens with zero attached hydrogens (tertiary/aromatic N) is 9. The number of anilines is 1. The molecule has 0 bridgehead atoms. The highest BCUT2D eigenvalue weighted by Gasteiger charge is 2.31. The van der Waals surface area contributed by atoms with Crippen LogP contribution in [-0.4, -0.2) is 120 Å². The summed E-state index contributed by atoms with van der Waals surface area (Å²) in [6, 6.07) is 8.87. The normalized spacial score (nSPS) is 14.8. The second-order valence-electron chi connectivity index (χ2n) is 16.5. The number of aromatic nitrogens is 7. The first-order valence-electron chi connectivity index (χ1n) is 22.2. The van der Waals surface area contributed by atoms with Crippen molar-refractivity contribution in [2.24, 2.45) is 11.5 Å². The molecule has 5 N–H and O–H groups in total. The molecule has 2 aromatic carbocycles. The molecule has 8 rings (SSSR count). The van der Waals surface area contributed by atoms with Crippen molar-refractivity contribution in [1.29, 1.82) is 0 Å². The van der Waals surface area contributed by atoms with E-state index in [1.807, 2.05) is 49.0 Å². The van der Waals surface area contributed by atoms with Crippen LogP contribution in [0.4, 0.5) is 5.95 Å². The fraction of sp³-hybridized carbons (Fsp3) is 0.435. The number of fused-ring (bicyclic) bond motifs is 2. The molecule has 6 aromatic rings. The number of thiazole rings is 1. The minimum atomic E-state index is -0.636. The SMILES string of the molecule is CCc1nc(C)sc1C(=O)Cc1nc2cc(C(N)=O)cc(OC)c2n1C/C=C/Cn1c(NC(=O)c2cc(C)nn2CC)nc2cc(C(N)=O)cc(OCCCN3CCN(C4CC4)CC3)c21. The first-order chi connectivity index (χ1) is 31.3. The van der Waals surface area contributed by atoms with Crippen LogP contribution in [0.15, 0.2) is 42.5 Å². The molecule has 1 saturated carbocycles. The highest BCUT2D eigenvalue weighted by molar-refractivity contribution is 7.13. The summed E-state index contributed by atoms with van der Waals surface area (Å²) in [4.78, 5) is 72.5. The molecule has 0 radical (unpaired) electrons. The maximum atomic E-state index is 13.9. The van der Waals surface area contributed by atoms with Crippen LogP contribution in [0.1, 0.15) is 96.2 Å². The molecule has 0 atom stereocenters. The number of ether oxygens (including phenoxy) is 2. The number of allylic oxidation sites excluding steroid dienone is 2. The monoisotopic (exact) mass is 904 g/mol. The van der Waals surface area contributed by atoms with Crippen molar-refractivity contribution in [2.75, 3.05) is 51.8 Å². The standard InChI is InChI=1S/C46H56N12O6S/c1-6-32-42(65-28(4)49-32)36(59)26-39-50-33-22-29(43(47)60)24-37(63-5)40(33)56(39)14-8-9-15-57-41-34(51-46(57)52-45(62)35-21-27(3)53-58(35)7-2)23-30(44(48)61)25-38(41)64-20-10-13-54-16-18-55(19-17-54)31-11-12-31/h8-9,21-25,31H,6-7,10-20,26H2,1-5H3,(H2,47,60)(H2,48,61)(H,51,52,62)/b9-8+. The summed E-state index contributed by atoms with van der Waals surface area (Å²) >= 11 is 1.36. The van der Waals surface area contributed by atoms with Crippen molar-refractivity contribution in [3.05, 3.63) is 86.4 Å². The van der Waals surface area contributed by atoms with E-state index in [9.17, 15) is 19.2 Å². The van der Waals surface area contributed by atoms with Gasteiger partial charge in [0.2, 0.25) is 17.8 Å². The molecular formula is C46H56N12O6S. The minimum Gasteiger partial charge on any atom is -0.494 e. The zero-order valence-electron chi connectivity index (χ0n) is 37.6. The van der Waals surface area contributed by atoms with Crippen molar-refractivity contribution < 1.29 is 28.7 Å². The zero-order chi connectivity index (χ0) is 45.9. The van der Waals surface area contributed by atoms with Crippen LogP contribution in [0.25, 0.3) is 22.1 Å². The van der Waals surface area contributed by atoms with E-state index in [1.165, 1.54) is 31.3 Å². The van der Waals surface area contributed by atoms with Gasteiger partial charge in [0.1, 0.15) is 34.1 Å². The number of nitrogens with two attached hydrogens (primary N) is 2. The number of primary amides is 2. The number of carbonyl (C=O) groups is 4. The van der Waals surface area contributed by atoms with Crippen molar-refractivity contribution in [2.45, 2.75) is 85.5 Å². The molecule has 0 unspecified atom stereocenters.